The molecule has 0 bridgehead atoms. The van der Waals surface area contributed by atoms with Gasteiger partial charge in [-0.3, -0.25) is 4.79 Å². The predicted molar refractivity (Wildman–Crippen MR) is 78.9 cm³/mol. The van der Waals surface area contributed by atoms with E-state index in [0.717, 1.165) is 6.42 Å². The molecule has 1 rings (SSSR count). The second-order valence-corrected chi connectivity index (χ2v) is 5.94. The number of esters is 1. The smallest absolute Gasteiger partial charge is 0.311 e. The Morgan fingerprint density at radius 1 is 1.26 bits per heavy atom. The molecule has 19 heavy (non-hydrogen) atoms. The molecule has 0 aliphatic heterocycles. The normalized spacial score (nSPS) is 13.5. The van der Waals surface area contributed by atoms with Gasteiger partial charge in [0.25, 0.3) is 0 Å². The van der Waals surface area contributed by atoms with Gasteiger partial charge in [0.1, 0.15) is 6.61 Å². The van der Waals surface area contributed by atoms with Crippen LogP contribution in [0.5, 0.6) is 0 Å². The Bertz CT molecular complexity index is 413. The van der Waals surface area contributed by atoms with E-state index in [9.17, 15) is 4.79 Å². The fourth-order valence-electron chi connectivity index (χ4n) is 1.68. The quantitative estimate of drug-likeness (QED) is 0.590. The molecule has 0 aliphatic rings. The Hall–Kier alpha value is -1.57. The Balaban J connectivity index is 2.31. The van der Waals surface area contributed by atoms with Crippen molar-refractivity contribution in [3.63, 3.8) is 0 Å². The van der Waals surface area contributed by atoms with Gasteiger partial charge in [-0.25, -0.2) is 0 Å². The monoisotopic (exact) mass is 260 g/mol. The first-order valence-corrected chi connectivity index (χ1v) is 6.77. The molecule has 0 aliphatic carbocycles. The van der Waals surface area contributed by atoms with Crippen LogP contribution in [0.2, 0.25) is 0 Å². The summed E-state index contributed by atoms with van der Waals surface area (Å²) in [7, 11) is 0. The molecule has 0 radical (unpaired) electrons. The summed E-state index contributed by atoms with van der Waals surface area (Å²) in [6, 6.07) is 10.4. The molecule has 2 nitrogen and oxygen atoms in total. The van der Waals surface area contributed by atoms with E-state index in [1.54, 1.807) is 0 Å². The highest BCUT2D eigenvalue weighted by atomic mass is 16.5. The van der Waals surface area contributed by atoms with Crippen LogP contribution in [0, 0.1) is 11.3 Å². The van der Waals surface area contributed by atoms with Crippen LogP contribution in [0.15, 0.2) is 42.5 Å². The highest BCUT2D eigenvalue weighted by Crippen LogP contribution is 2.15. The van der Waals surface area contributed by atoms with Crippen LogP contribution in [-0.2, 0) is 16.0 Å². The second kappa shape index (κ2) is 7.13. The number of benzene rings is 1. The summed E-state index contributed by atoms with van der Waals surface area (Å²) in [6.45, 7) is 8.09. The van der Waals surface area contributed by atoms with Crippen molar-refractivity contribution in [3.05, 3.63) is 48.0 Å². The molecule has 1 unspecified atom stereocenters. The number of rotatable bonds is 5. The first-order valence-electron chi connectivity index (χ1n) is 6.77. The first-order chi connectivity index (χ1) is 8.89. The third kappa shape index (κ3) is 6.23. The van der Waals surface area contributed by atoms with E-state index in [-0.39, 0.29) is 5.97 Å². The van der Waals surface area contributed by atoms with Gasteiger partial charge in [0.05, 0.1) is 5.41 Å². The summed E-state index contributed by atoms with van der Waals surface area (Å²) in [5.41, 5.74) is 0.898. The fourth-order valence-corrected chi connectivity index (χ4v) is 1.68. The predicted octanol–water partition coefficient (Wildman–Crippen LogP) is 4.01. The van der Waals surface area contributed by atoms with Crippen molar-refractivity contribution in [1.82, 2.24) is 0 Å². The highest BCUT2D eigenvalue weighted by molar-refractivity contribution is 5.75. The van der Waals surface area contributed by atoms with Crippen molar-refractivity contribution in [2.24, 2.45) is 11.3 Å². The molecule has 104 valence electrons. The molecule has 0 amide bonds. The Kier molecular flexibility index (Phi) is 5.81. The lowest BCUT2D eigenvalue weighted by Crippen LogP contribution is -2.22. The van der Waals surface area contributed by atoms with Crippen LogP contribution in [0.25, 0.3) is 0 Å². The van der Waals surface area contributed by atoms with Crippen LogP contribution < -0.4 is 0 Å². The van der Waals surface area contributed by atoms with E-state index in [1.807, 2.05) is 32.9 Å². The summed E-state index contributed by atoms with van der Waals surface area (Å²) < 4.78 is 5.18. The molecule has 2 heteroatoms. The van der Waals surface area contributed by atoms with Gasteiger partial charge in [0, 0.05) is 0 Å². The van der Waals surface area contributed by atoms with Crippen LogP contribution >= 0.6 is 0 Å². The Morgan fingerprint density at radius 3 is 2.47 bits per heavy atom. The zero-order valence-corrected chi connectivity index (χ0v) is 12.3. The summed E-state index contributed by atoms with van der Waals surface area (Å²) in [6.07, 6.45) is 5.03. The van der Waals surface area contributed by atoms with Crippen molar-refractivity contribution >= 4 is 5.97 Å². The van der Waals surface area contributed by atoms with Gasteiger partial charge < -0.3 is 4.74 Å². The fraction of sp³-hybridized carbons (Fsp3) is 0.471. The minimum atomic E-state index is -0.427. The van der Waals surface area contributed by atoms with E-state index >= 15 is 0 Å². The lowest BCUT2D eigenvalue weighted by Gasteiger charge is -2.15. The van der Waals surface area contributed by atoms with E-state index in [0.29, 0.717) is 12.5 Å². The average Bonchev–Trinajstić information content (AvgIpc) is 2.34. The van der Waals surface area contributed by atoms with E-state index in [4.69, 9.17) is 4.74 Å². The zero-order valence-electron chi connectivity index (χ0n) is 12.3. The van der Waals surface area contributed by atoms with Crippen molar-refractivity contribution < 1.29 is 9.53 Å². The lowest BCUT2D eigenvalue weighted by molar-refractivity contribution is -0.151. The lowest BCUT2D eigenvalue weighted by atomic mass is 9.97. The Labute approximate surface area is 116 Å². The number of allylic oxidation sites excluding steroid dienone is 1. The van der Waals surface area contributed by atoms with Gasteiger partial charge in [-0.2, -0.15) is 0 Å². The van der Waals surface area contributed by atoms with Gasteiger partial charge in [0.2, 0.25) is 0 Å². The third-order valence-electron chi connectivity index (χ3n) is 2.79. The standard InChI is InChI=1S/C17H24O2/c1-14(13-15-10-6-5-7-11-15)9-8-12-19-16(18)17(2,3)4/h5-11,14H,12-13H2,1-4H3/b9-8-. The summed E-state index contributed by atoms with van der Waals surface area (Å²) >= 11 is 0. The first kappa shape index (κ1) is 15.5. The number of carbonyl (C=O) groups excluding carboxylic acids is 1. The maximum atomic E-state index is 11.5. The molecule has 0 heterocycles. The van der Waals surface area contributed by atoms with E-state index in [1.165, 1.54) is 5.56 Å². The number of hydrogen-bond donors (Lipinski definition) is 0. The van der Waals surface area contributed by atoms with Gasteiger partial charge >= 0.3 is 5.97 Å². The molecular formula is C17H24O2. The molecule has 1 aromatic rings. The average molecular weight is 260 g/mol. The molecule has 0 spiro atoms. The minimum absolute atomic E-state index is 0.159. The molecule has 1 atom stereocenters. The number of ether oxygens (including phenoxy) is 1. The maximum absolute atomic E-state index is 11.5. The number of hydrogen-bond acceptors (Lipinski definition) is 2. The number of carbonyl (C=O) groups is 1. The molecule has 0 saturated heterocycles. The summed E-state index contributed by atoms with van der Waals surface area (Å²) in [4.78, 5) is 11.5. The van der Waals surface area contributed by atoms with Crippen LogP contribution in [0.1, 0.15) is 33.3 Å². The van der Waals surface area contributed by atoms with Gasteiger partial charge in [-0.1, -0.05) is 49.4 Å². The molecule has 0 saturated carbocycles. The van der Waals surface area contributed by atoms with Crippen molar-refractivity contribution in [2.45, 2.75) is 34.1 Å². The second-order valence-electron chi connectivity index (χ2n) is 5.94. The van der Waals surface area contributed by atoms with Crippen LogP contribution in [0.4, 0.5) is 0 Å². The van der Waals surface area contributed by atoms with E-state index < -0.39 is 5.41 Å². The van der Waals surface area contributed by atoms with Gasteiger partial charge in [-0.05, 0) is 38.7 Å². The largest absolute Gasteiger partial charge is 0.461 e. The summed E-state index contributed by atoms with van der Waals surface area (Å²) in [5, 5.41) is 0. The molecular weight excluding hydrogens is 236 g/mol. The van der Waals surface area contributed by atoms with Gasteiger partial charge in [0.15, 0.2) is 0 Å². The SMILES string of the molecule is CC(/C=C\COC(=O)C(C)(C)C)Cc1ccccc1. The van der Waals surface area contributed by atoms with E-state index in [2.05, 4.69) is 37.3 Å². The highest BCUT2D eigenvalue weighted by Gasteiger charge is 2.22. The van der Waals surface area contributed by atoms with Crippen molar-refractivity contribution in [3.8, 4) is 0 Å². The van der Waals surface area contributed by atoms with Crippen LogP contribution in [-0.4, -0.2) is 12.6 Å². The molecule has 0 N–H and O–H groups in total. The van der Waals surface area contributed by atoms with Crippen molar-refractivity contribution in [2.75, 3.05) is 6.61 Å². The van der Waals surface area contributed by atoms with Crippen LogP contribution in [0.3, 0.4) is 0 Å². The topological polar surface area (TPSA) is 26.3 Å². The zero-order chi connectivity index (χ0) is 14.3. The maximum Gasteiger partial charge on any atom is 0.311 e. The van der Waals surface area contributed by atoms with Gasteiger partial charge in [-0.15, -0.1) is 0 Å². The molecule has 0 aromatic heterocycles. The molecule has 1 aromatic carbocycles. The van der Waals surface area contributed by atoms with Crippen molar-refractivity contribution in [1.29, 1.82) is 0 Å². The third-order valence-corrected chi connectivity index (χ3v) is 2.79. The summed E-state index contributed by atoms with van der Waals surface area (Å²) in [5.74, 6) is 0.281. The Morgan fingerprint density at radius 2 is 1.89 bits per heavy atom. The molecule has 0 fully saturated rings. The minimum Gasteiger partial charge on any atom is -0.461 e.